The molecule has 1 aromatic heterocycles. The van der Waals surface area contributed by atoms with Crippen molar-refractivity contribution in [2.24, 2.45) is 0 Å². The molecule has 2 aromatic rings. The summed E-state index contributed by atoms with van der Waals surface area (Å²) >= 11 is 0. The van der Waals surface area contributed by atoms with Crippen LogP contribution in [0.1, 0.15) is 16.8 Å². The van der Waals surface area contributed by atoms with E-state index in [9.17, 15) is 0 Å². The molecule has 0 N–H and O–H groups in total. The summed E-state index contributed by atoms with van der Waals surface area (Å²) in [6, 6.07) is 14.3. The minimum absolute atomic E-state index is 0.465. The maximum atomic E-state index is 9.04. The van der Waals surface area contributed by atoms with Crippen LogP contribution in [-0.2, 0) is 6.54 Å². The van der Waals surface area contributed by atoms with Crippen LogP contribution in [0.5, 0.6) is 0 Å². The molecule has 0 radical (unpaired) electrons. The van der Waals surface area contributed by atoms with E-state index in [1.165, 1.54) is 11.1 Å². The molecule has 0 spiro atoms. The number of aryl methyl sites for hydroxylation is 1. The van der Waals surface area contributed by atoms with Gasteiger partial charge in [-0.1, -0.05) is 29.8 Å². The highest BCUT2D eigenvalue weighted by atomic mass is 15.1. The van der Waals surface area contributed by atoms with Gasteiger partial charge in [0.1, 0.15) is 6.07 Å². The summed E-state index contributed by atoms with van der Waals surface area (Å²) in [6.07, 6.45) is 1.64. The zero-order chi connectivity index (χ0) is 13.0. The first-order chi connectivity index (χ1) is 8.70. The molecular formula is C15H15N3. The number of nitrogens with zero attached hydrogens (tertiary/aromatic N) is 3. The van der Waals surface area contributed by atoms with Gasteiger partial charge in [0.25, 0.3) is 0 Å². The summed E-state index contributed by atoms with van der Waals surface area (Å²) in [6.45, 7) is 2.84. The average Bonchev–Trinajstić information content (AvgIpc) is 2.38. The SMILES string of the molecule is Cc1cccc(CN(C)c2cccnc2C#N)c1. The van der Waals surface area contributed by atoms with Gasteiger partial charge < -0.3 is 4.90 Å². The molecule has 0 atom stereocenters. The first kappa shape index (κ1) is 12.1. The molecule has 3 nitrogen and oxygen atoms in total. The van der Waals surface area contributed by atoms with Crippen LogP contribution >= 0.6 is 0 Å². The van der Waals surface area contributed by atoms with Crippen molar-refractivity contribution in [1.29, 1.82) is 5.26 Å². The predicted molar refractivity (Wildman–Crippen MR) is 72.2 cm³/mol. The first-order valence-corrected chi connectivity index (χ1v) is 5.82. The molecule has 0 saturated carbocycles. The number of rotatable bonds is 3. The van der Waals surface area contributed by atoms with Crippen LogP contribution < -0.4 is 4.90 Å². The van der Waals surface area contributed by atoms with E-state index in [0.717, 1.165) is 12.2 Å². The van der Waals surface area contributed by atoms with Crippen molar-refractivity contribution in [2.45, 2.75) is 13.5 Å². The van der Waals surface area contributed by atoms with Gasteiger partial charge in [0.15, 0.2) is 5.69 Å². The zero-order valence-corrected chi connectivity index (χ0v) is 10.6. The second kappa shape index (κ2) is 5.33. The van der Waals surface area contributed by atoms with E-state index in [4.69, 9.17) is 5.26 Å². The van der Waals surface area contributed by atoms with Crippen LogP contribution in [0.2, 0.25) is 0 Å². The summed E-state index contributed by atoms with van der Waals surface area (Å²) in [4.78, 5) is 6.12. The molecule has 0 fully saturated rings. The van der Waals surface area contributed by atoms with Gasteiger partial charge in [0.2, 0.25) is 0 Å². The van der Waals surface area contributed by atoms with E-state index in [1.807, 2.05) is 30.1 Å². The second-order valence-corrected chi connectivity index (χ2v) is 4.33. The first-order valence-electron chi connectivity index (χ1n) is 5.82. The van der Waals surface area contributed by atoms with Gasteiger partial charge >= 0.3 is 0 Å². The van der Waals surface area contributed by atoms with Crippen LogP contribution in [-0.4, -0.2) is 12.0 Å². The lowest BCUT2D eigenvalue weighted by molar-refractivity contribution is 0.913. The number of hydrogen-bond donors (Lipinski definition) is 0. The van der Waals surface area contributed by atoms with Gasteiger partial charge in [-0.3, -0.25) is 0 Å². The van der Waals surface area contributed by atoms with Crippen molar-refractivity contribution < 1.29 is 0 Å². The molecule has 0 amide bonds. The van der Waals surface area contributed by atoms with Crippen molar-refractivity contribution in [2.75, 3.05) is 11.9 Å². The topological polar surface area (TPSA) is 39.9 Å². The van der Waals surface area contributed by atoms with Gasteiger partial charge in [-0.05, 0) is 24.6 Å². The van der Waals surface area contributed by atoms with Crippen LogP contribution in [0.3, 0.4) is 0 Å². The summed E-state index contributed by atoms with van der Waals surface area (Å²) in [5, 5.41) is 9.04. The number of hydrogen-bond acceptors (Lipinski definition) is 3. The highest BCUT2D eigenvalue weighted by molar-refractivity contribution is 5.55. The molecule has 0 unspecified atom stereocenters. The molecule has 18 heavy (non-hydrogen) atoms. The van der Waals surface area contributed by atoms with Gasteiger partial charge in [-0.15, -0.1) is 0 Å². The Morgan fingerprint density at radius 2 is 2.11 bits per heavy atom. The Morgan fingerprint density at radius 1 is 1.28 bits per heavy atom. The lowest BCUT2D eigenvalue weighted by atomic mass is 10.1. The predicted octanol–water partition coefficient (Wildman–Crippen LogP) is 2.90. The lowest BCUT2D eigenvalue weighted by Crippen LogP contribution is -2.18. The fourth-order valence-electron chi connectivity index (χ4n) is 1.96. The summed E-state index contributed by atoms with van der Waals surface area (Å²) in [7, 11) is 1.97. The van der Waals surface area contributed by atoms with Crippen LogP contribution in [0.4, 0.5) is 5.69 Å². The van der Waals surface area contributed by atoms with E-state index >= 15 is 0 Å². The highest BCUT2D eigenvalue weighted by Gasteiger charge is 2.08. The molecule has 0 aliphatic carbocycles. The van der Waals surface area contributed by atoms with Crippen molar-refractivity contribution in [1.82, 2.24) is 4.98 Å². The van der Waals surface area contributed by atoms with Crippen molar-refractivity contribution in [3.8, 4) is 6.07 Å². The largest absolute Gasteiger partial charge is 0.368 e. The quantitative estimate of drug-likeness (QED) is 0.824. The number of aromatic nitrogens is 1. The molecule has 3 heteroatoms. The average molecular weight is 237 g/mol. The Hall–Kier alpha value is -2.34. The maximum absolute atomic E-state index is 9.04. The minimum Gasteiger partial charge on any atom is -0.368 e. The van der Waals surface area contributed by atoms with Gasteiger partial charge in [-0.2, -0.15) is 5.26 Å². The Kier molecular flexibility index (Phi) is 3.59. The number of pyridine rings is 1. The highest BCUT2D eigenvalue weighted by Crippen LogP contribution is 2.18. The molecule has 0 aliphatic rings. The molecule has 1 heterocycles. The normalized spacial score (nSPS) is 9.83. The number of benzene rings is 1. The van der Waals surface area contributed by atoms with Crippen LogP contribution in [0, 0.1) is 18.3 Å². The number of nitriles is 1. The van der Waals surface area contributed by atoms with Crippen LogP contribution in [0.25, 0.3) is 0 Å². The van der Waals surface area contributed by atoms with Crippen LogP contribution in [0.15, 0.2) is 42.6 Å². The molecule has 90 valence electrons. The van der Waals surface area contributed by atoms with Gasteiger partial charge in [0.05, 0.1) is 5.69 Å². The molecule has 0 aliphatic heterocycles. The Balaban J connectivity index is 2.22. The molecular weight excluding hydrogens is 222 g/mol. The molecule has 2 rings (SSSR count). The van der Waals surface area contributed by atoms with Gasteiger partial charge in [0, 0.05) is 19.8 Å². The summed E-state index contributed by atoms with van der Waals surface area (Å²) < 4.78 is 0. The number of anilines is 1. The minimum atomic E-state index is 0.465. The van der Waals surface area contributed by atoms with Crippen molar-refractivity contribution in [3.63, 3.8) is 0 Å². The Labute approximate surface area is 107 Å². The third-order valence-corrected chi connectivity index (χ3v) is 2.81. The third-order valence-electron chi connectivity index (χ3n) is 2.81. The van der Waals surface area contributed by atoms with Crippen molar-refractivity contribution >= 4 is 5.69 Å². The zero-order valence-electron chi connectivity index (χ0n) is 10.6. The summed E-state index contributed by atoms with van der Waals surface area (Å²) in [5.74, 6) is 0. The molecule has 0 saturated heterocycles. The molecule has 0 bridgehead atoms. The second-order valence-electron chi connectivity index (χ2n) is 4.33. The fraction of sp³-hybridized carbons (Fsp3) is 0.200. The van der Waals surface area contributed by atoms with Gasteiger partial charge in [-0.25, -0.2) is 4.98 Å². The Bertz CT molecular complexity index is 584. The van der Waals surface area contributed by atoms with E-state index in [-0.39, 0.29) is 0 Å². The monoisotopic (exact) mass is 237 g/mol. The fourth-order valence-corrected chi connectivity index (χ4v) is 1.96. The third kappa shape index (κ3) is 2.67. The van der Waals surface area contributed by atoms with E-state index < -0.39 is 0 Å². The van der Waals surface area contributed by atoms with Crippen molar-refractivity contribution in [3.05, 3.63) is 59.4 Å². The summed E-state index contributed by atoms with van der Waals surface area (Å²) in [5.41, 5.74) is 3.80. The smallest absolute Gasteiger partial charge is 0.163 e. The lowest BCUT2D eigenvalue weighted by Gasteiger charge is -2.20. The maximum Gasteiger partial charge on any atom is 0.163 e. The Morgan fingerprint density at radius 3 is 2.83 bits per heavy atom. The van der Waals surface area contributed by atoms with E-state index in [2.05, 4.69) is 36.2 Å². The standard InChI is InChI=1S/C15H15N3/c1-12-5-3-6-13(9-12)11-18(2)15-7-4-8-17-14(15)10-16/h3-9H,11H2,1-2H3. The van der Waals surface area contributed by atoms with E-state index in [1.54, 1.807) is 6.20 Å². The molecule has 1 aromatic carbocycles. The van der Waals surface area contributed by atoms with E-state index in [0.29, 0.717) is 5.69 Å².